The molecule has 1 unspecified atom stereocenters. The molecule has 0 bridgehead atoms. The average Bonchev–Trinajstić information content (AvgIpc) is 2.65. The van der Waals surface area contributed by atoms with Gasteiger partial charge in [-0.1, -0.05) is 0 Å². The third-order valence-electron chi connectivity index (χ3n) is 2.22. The Morgan fingerprint density at radius 3 is 3.07 bits per heavy atom. The SMILES string of the molecule is Cc1ncc(C(O)C2=COCCC2)s1. The molecule has 14 heavy (non-hydrogen) atoms. The van der Waals surface area contributed by atoms with E-state index in [1.807, 2.05) is 6.92 Å². The predicted molar refractivity (Wildman–Crippen MR) is 55.1 cm³/mol. The fraction of sp³-hybridized carbons (Fsp3) is 0.500. The number of aliphatic hydroxyl groups excluding tert-OH is 1. The zero-order valence-electron chi connectivity index (χ0n) is 8.06. The lowest BCUT2D eigenvalue weighted by molar-refractivity contribution is 0.172. The summed E-state index contributed by atoms with van der Waals surface area (Å²) in [5.41, 5.74) is 0.958. The summed E-state index contributed by atoms with van der Waals surface area (Å²) in [6.07, 6.45) is 4.80. The number of nitrogens with zero attached hydrogens (tertiary/aromatic N) is 1. The fourth-order valence-corrected chi connectivity index (χ4v) is 2.29. The monoisotopic (exact) mass is 211 g/mol. The van der Waals surface area contributed by atoms with Gasteiger partial charge in [0.25, 0.3) is 0 Å². The number of rotatable bonds is 2. The first kappa shape index (κ1) is 9.68. The second-order valence-electron chi connectivity index (χ2n) is 3.35. The Balaban J connectivity index is 2.14. The van der Waals surface area contributed by atoms with Crippen molar-refractivity contribution in [1.82, 2.24) is 4.98 Å². The van der Waals surface area contributed by atoms with Gasteiger partial charge in [0.05, 0.1) is 22.8 Å². The van der Waals surface area contributed by atoms with Crippen LogP contribution in [0.5, 0.6) is 0 Å². The Hall–Kier alpha value is -0.870. The number of aryl methyl sites for hydroxylation is 1. The molecule has 0 aromatic carbocycles. The second-order valence-corrected chi connectivity index (χ2v) is 4.62. The third kappa shape index (κ3) is 1.96. The van der Waals surface area contributed by atoms with Gasteiger partial charge in [-0.2, -0.15) is 0 Å². The third-order valence-corrected chi connectivity index (χ3v) is 3.19. The molecule has 1 aromatic heterocycles. The molecule has 2 heterocycles. The van der Waals surface area contributed by atoms with Crippen LogP contribution in [-0.4, -0.2) is 16.7 Å². The molecule has 0 saturated carbocycles. The van der Waals surface area contributed by atoms with Crippen molar-refractivity contribution in [2.75, 3.05) is 6.61 Å². The minimum absolute atomic E-state index is 0.526. The van der Waals surface area contributed by atoms with Crippen LogP contribution in [0.15, 0.2) is 18.0 Å². The summed E-state index contributed by atoms with van der Waals surface area (Å²) in [5.74, 6) is 0. The van der Waals surface area contributed by atoms with Crippen molar-refractivity contribution in [2.24, 2.45) is 0 Å². The van der Waals surface area contributed by atoms with E-state index in [1.165, 1.54) is 11.3 Å². The molecular formula is C10H13NO2S. The highest BCUT2D eigenvalue weighted by Gasteiger charge is 2.18. The lowest BCUT2D eigenvalue weighted by Crippen LogP contribution is -2.06. The first-order chi connectivity index (χ1) is 6.77. The molecule has 1 aliphatic rings. The minimum Gasteiger partial charge on any atom is -0.501 e. The van der Waals surface area contributed by atoms with Crippen LogP contribution < -0.4 is 0 Å². The van der Waals surface area contributed by atoms with Crippen LogP contribution in [0.4, 0.5) is 0 Å². The average molecular weight is 211 g/mol. The van der Waals surface area contributed by atoms with E-state index in [2.05, 4.69) is 4.98 Å². The van der Waals surface area contributed by atoms with Crippen LogP contribution >= 0.6 is 11.3 Å². The first-order valence-corrected chi connectivity index (χ1v) is 5.50. The lowest BCUT2D eigenvalue weighted by Gasteiger charge is -2.17. The molecular weight excluding hydrogens is 198 g/mol. The smallest absolute Gasteiger partial charge is 0.114 e. The standard InChI is InChI=1S/C10H13NO2S/c1-7-11-5-9(14-7)10(12)8-3-2-4-13-6-8/h5-6,10,12H,2-4H2,1H3. The van der Waals surface area contributed by atoms with Gasteiger partial charge in [-0.05, 0) is 25.3 Å². The Labute approximate surface area is 87.1 Å². The summed E-state index contributed by atoms with van der Waals surface area (Å²) in [6, 6.07) is 0. The molecule has 4 heteroatoms. The predicted octanol–water partition coefficient (Wildman–Crippen LogP) is 2.18. The number of thiazole rings is 1. The van der Waals surface area contributed by atoms with Gasteiger partial charge in [0.2, 0.25) is 0 Å². The Bertz CT molecular complexity index is 346. The van der Waals surface area contributed by atoms with E-state index < -0.39 is 6.10 Å². The zero-order chi connectivity index (χ0) is 9.97. The van der Waals surface area contributed by atoms with Gasteiger partial charge in [0, 0.05) is 6.20 Å². The summed E-state index contributed by atoms with van der Waals surface area (Å²) < 4.78 is 5.19. The molecule has 0 aliphatic carbocycles. The Morgan fingerprint density at radius 2 is 2.50 bits per heavy atom. The van der Waals surface area contributed by atoms with Crippen LogP contribution in [-0.2, 0) is 4.74 Å². The summed E-state index contributed by atoms with van der Waals surface area (Å²) in [5, 5.41) is 11.0. The highest BCUT2D eigenvalue weighted by atomic mass is 32.1. The molecule has 0 spiro atoms. The molecule has 1 atom stereocenters. The number of hydrogen-bond acceptors (Lipinski definition) is 4. The molecule has 0 amide bonds. The molecule has 2 rings (SSSR count). The van der Waals surface area contributed by atoms with E-state index >= 15 is 0 Å². The minimum atomic E-state index is -0.526. The van der Waals surface area contributed by atoms with Crippen molar-refractivity contribution in [1.29, 1.82) is 0 Å². The van der Waals surface area contributed by atoms with Crippen molar-refractivity contribution >= 4 is 11.3 Å². The van der Waals surface area contributed by atoms with Gasteiger partial charge in [-0.25, -0.2) is 4.98 Å². The molecule has 0 saturated heterocycles. The van der Waals surface area contributed by atoms with E-state index in [-0.39, 0.29) is 0 Å². The van der Waals surface area contributed by atoms with Crippen molar-refractivity contribution in [3.05, 3.63) is 27.9 Å². The molecule has 0 radical (unpaired) electrons. The second kappa shape index (κ2) is 4.11. The Kier molecular flexibility index (Phi) is 2.84. The summed E-state index contributed by atoms with van der Waals surface area (Å²) in [7, 11) is 0. The van der Waals surface area contributed by atoms with Crippen molar-refractivity contribution in [3.63, 3.8) is 0 Å². The van der Waals surface area contributed by atoms with E-state index in [0.717, 1.165) is 34.9 Å². The highest BCUT2D eigenvalue weighted by molar-refractivity contribution is 7.11. The van der Waals surface area contributed by atoms with Gasteiger partial charge in [-0.3, -0.25) is 0 Å². The molecule has 1 aliphatic heterocycles. The van der Waals surface area contributed by atoms with Crippen LogP contribution in [0.25, 0.3) is 0 Å². The molecule has 0 fully saturated rings. The number of hydrogen-bond donors (Lipinski definition) is 1. The van der Waals surface area contributed by atoms with Gasteiger partial charge in [0.1, 0.15) is 6.10 Å². The summed E-state index contributed by atoms with van der Waals surface area (Å²) in [6.45, 7) is 2.70. The van der Waals surface area contributed by atoms with E-state index in [4.69, 9.17) is 4.74 Å². The Morgan fingerprint density at radius 1 is 1.64 bits per heavy atom. The van der Waals surface area contributed by atoms with Gasteiger partial charge < -0.3 is 9.84 Å². The first-order valence-electron chi connectivity index (χ1n) is 4.68. The summed E-state index contributed by atoms with van der Waals surface area (Å²) >= 11 is 1.53. The zero-order valence-corrected chi connectivity index (χ0v) is 8.88. The molecule has 1 N–H and O–H groups in total. The summed E-state index contributed by atoms with van der Waals surface area (Å²) in [4.78, 5) is 5.03. The normalized spacial score (nSPS) is 18.6. The van der Waals surface area contributed by atoms with E-state index in [9.17, 15) is 5.11 Å². The van der Waals surface area contributed by atoms with Crippen LogP contribution in [0.1, 0.15) is 28.8 Å². The van der Waals surface area contributed by atoms with Gasteiger partial charge in [-0.15, -0.1) is 11.3 Å². The fourth-order valence-electron chi connectivity index (χ4n) is 1.47. The molecule has 76 valence electrons. The maximum Gasteiger partial charge on any atom is 0.114 e. The number of ether oxygens (including phenoxy) is 1. The number of aliphatic hydroxyl groups is 1. The van der Waals surface area contributed by atoms with Crippen LogP contribution in [0.3, 0.4) is 0 Å². The highest BCUT2D eigenvalue weighted by Crippen LogP contribution is 2.30. The number of aromatic nitrogens is 1. The van der Waals surface area contributed by atoms with Crippen molar-refractivity contribution in [3.8, 4) is 0 Å². The van der Waals surface area contributed by atoms with Gasteiger partial charge >= 0.3 is 0 Å². The van der Waals surface area contributed by atoms with Gasteiger partial charge in [0.15, 0.2) is 0 Å². The quantitative estimate of drug-likeness (QED) is 0.815. The maximum absolute atomic E-state index is 9.98. The van der Waals surface area contributed by atoms with Crippen LogP contribution in [0.2, 0.25) is 0 Å². The van der Waals surface area contributed by atoms with E-state index in [0.29, 0.717) is 0 Å². The topological polar surface area (TPSA) is 42.4 Å². The maximum atomic E-state index is 9.98. The lowest BCUT2D eigenvalue weighted by atomic mass is 10.0. The molecule has 1 aromatic rings. The van der Waals surface area contributed by atoms with Crippen molar-refractivity contribution in [2.45, 2.75) is 25.9 Å². The van der Waals surface area contributed by atoms with Crippen LogP contribution in [0, 0.1) is 6.92 Å². The largest absolute Gasteiger partial charge is 0.501 e. The van der Waals surface area contributed by atoms with Crippen molar-refractivity contribution < 1.29 is 9.84 Å². The van der Waals surface area contributed by atoms with E-state index in [1.54, 1.807) is 12.5 Å². The molecule has 3 nitrogen and oxygen atoms in total.